The van der Waals surface area contributed by atoms with Crippen molar-refractivity contribution in [2.24, 2.45) is 0 Å². The van der Waals surface area contributed by atoms with Crippen molar-refractivity contribution >= 4 is 34.8 Å². The molecule has 1 aliphatic heterocycles. The molecule has 0 spiro atoms. The Hall–Kier alpha value is -3.35. The van der Waals surface area contributed by atoms with Gasteiger partial charge in [0.1, 0.15) is 0 Å². The zero-order valence-corrected chi connectivity index (χ0v) is 17.7. The van der Waals surface area contributed by atoms with Crippen LogP contribution < -0.4 is 20.9 Å². The molecule has 158 valence electrons. The lowest BCUT2D eigenvalue weighted by Gasteiger charge is -2.20. The summed E-state index contributed by atoms with van der Waals surface area (Å²) in [5, 5.41) is 8.57. The van der Waals surface area contributed by atoms with E-state index in [1.54, 1.807) is 4.90 Å². The van der Waals surface area contributed by atoms with Gasteiger partial charge in [0.15, 0.2) is 0 Å². The minimum atomic E-state index is -0.301. The molecule has 0 saturated carbocycles. The Morgan fingerprint density at radius 2 is 1.70 bits per heavy atom. The third-order valence-corrected chi connectivity index (χ3v) is 5.10. The molecule has 3 rings (SSSR count). The van der Waals surface area contributed by atoms with E-state index in [9.17, 15) is 14.4 Å². The van der Waals surface area contributed by atoms with Gasteiger partial charge in [0.2, 0.25) is 17.7 Å². The Morgan fingerprint density at radius 3 is 2.37 bits per heavy atom. The monoisotopic (exact) mass is 408 g/mol. The van der Waals surface area contributed by atoms with Crippen LogP contribution in [0.5, 0.6) is 0 Å². The van der Waals surface area contributed by atoms with Crippen molar-refractivity contribution in [1.29, 1.82) is 0 Å². The minimum Gasteiger partial charge on any atom is -0.374 e. The van der Waals surface area contributed by atoms with E-state index in [-0.39, 0.29) is 30.8 Å². The summed E-state index contributed by atoms with van der Waals surface area (Å²) < 4.78 is 0. The molecule has 0 atom stereocenters. The largest absolute Gasteiger partial charge is 0.374 e. The average molecular weight is 409 g/mol. The van der Waals surface area contributed by atoms with Crippen molar-refractivity contribution in [1.82, 2.24) is 5.32 Å². The van der Waals surface area contributed by atoms with Gasteiger partial charge in [-0.2, -0.15) is 0 Å². The second-order valence-corrected chi connectivity index (χ2v) is 7.62. The van der Waals surface area contributed by atoms with E-state index in [1.165, 1.54) is 0 Å². The van der Waals surface area contributed by atoms with Crippen molar-refractivity contribution in [3.63, 3.8) is 0 Å². The molecule has 0 aliphatic carbocycles. The van der Waals surface area contributed by atoms with Crippen molar-refractivity contribution in [3.05, 3.63) is 53.1 Å². The number of nitrogens with zero attached hydrogens (tertiary/aromatic N) is 1. The van der Waals surface area contributed by atoms with Gasteiger partial charge in [0.05, 0.1) is 24.5 Å². The summed E-state index contributed by atoms with van der Waals surface area (Å²) in [5.74, 6) is -0.487. The van der Waals surface area contributed by atoms with Crippen LogP contribution in [0.2, 0.25) is 0 Å². The van der Waals surface area contributed by atoms with Crippen LogP contribution in [0.4, 0.5) is 17.1 Å². The Balaban J connectivity index is 1.51. The number of aryl methyl sites for hydroxylation is 3. The summed E-state index contributed by atoms with van der Waals surface area (Å²) in [5.41, 5.74) is 5.39. The van der Waals surface area contributed by atoms with Crippen molar-refractivity contribution < 1.29 is 14.4 Å². The third-order valence-electron chi connectivity index (χ3n) is 5.10. The number of para-hydroxylation sites is 2. The van der Waals surface area contributed by atoms with Gasteiger partial charge in [-0.05, 0) is 50.5 Å². The molecule has 1 saturated heterocycles. The summed E-state index contributed by atoms with van der Waals surface area (Å²) in [6, 6.07) is 11.4. The number of carbonyl (C=O) groups excluding carboxylic acids is 3. The number of hydrogen-bond acceptors (Lipinski definition) is 4. The number of hydrogen-bond donors (Lipinski definition) is 3. The van der Waals surface area contributed by atoms with E-state index in [1.807, 2.05) is 57.2 Å². The predicted molar refractivity (Wildman–Crippen MR) is 119 cm³/mol. The maximum Gasteiger partial charge on any atom is 0.243 e. The molecule has 1 heterocycles. The van der Waals surface area contributed by atoms with E-state index < -0.39 is 0 Å². The predicted octanol–water partition coefficient (Wildman–Crippen LogP) is 2.91. The van der Waals surface area contributed by atoms with Gasteiger partial charge in [0, 0.05) is 18.7 Å². The number of anilines is 3. The summed E-state index contributed by atoms with van der Waals surface area (Å²) in [6.45, 7) is 6.48. The maximum absolute atomic E-state index is 12.3. The van der Waals surface area contributed by atoms with Crippen LogP contribution in [-0.4, -0.2) is 37.4 Å². The van der Waals surface area contributed by atoms with E-state index in [0.29, 0.717) is 13.0 Å². The smallest absolute Gasteiger partial charge is 0.243 e. The van der Waals surface area contributed by atoms with Gasteiger partial charge in [-0.3, -0.25) is 14.4 Å². The molecule has 7 heteroatoms. The highest BCUT2D eigenvalue weighted by Crippen LogP contribution is 2.29. The highest BCUT2D eigenvalue weighted by atomic mass is 16.2. The van der Waals surface area contributed by atoms with Crippen LogP contribution in [0, 0.1) is 20.8 Å². The summed E-state index contributed by atoms with van der Waals surface area (Å²) in [6.07, 6.45) is 1.38. The van der Waals surface area contributed by atoms with Crippen LogP contribution in [0.1, 0.15) is 29.5 Å². The quantitative estimate of drug-likeness (QED) is 0.657. The maximum atomic E-state index is 12.3. The van der Waals surface area contributed by atoms with Gasteiger partial charge in [0.25, 0.3) is 0 Å². The zero-order chi connectivity index (χ0) is 21.7. The Morgan fingerprint density at radius 1 is 1.00 bits per heavy atom. The molecule has 7 nitrogen and oxygen atoms in total. The lowest BCUT2D eigenvalue weighted by Crippen LogP contribution is -2.36. The molecule has 1 aliphatic rings. The first-order chi connectivity index (χ1) is 14.3. The normalized spacial score (nSPS) is 13.3. The first-order valence-corrected chi connectivity index (χ1v) is 10.1. The Kier molecular flexibility index (Phi) is 6.72. The van der Waals surface area contributed by atoms with E-state index in [0.717, 1.165) is 40.2 Å². The second-order valence-electron chi connectivity index (χ2n) is 7.62. The van der Waals surface area contributed by atoms with E-state index >= 15 is 0 Å². The molecule has 0 aromatic heterocycles. The van der Waals surface area contributed by atoms with Crippen LogP contribution in [0.3, 0.4) is 0 Å². The molecule has 0 radical (unpaired) electrons. The standard InChI is InChI=1S/C23H28N4O3/c1-15-11-16(2)23(17(3)12-15)26-21(29)14-25-20(28)13-24-18-7-4-5-8-19(18)27-10-6-9-22(27)30/h4-5,7-8,11-12,24H,6,9-10,13-14H2,1-3H3,(H,25,28)(H,26,29). The number of benzene rings is 2. The average Bonchev–Trinajstić information content (AvgIpc) is 3.13. The summed E-state index contributed by atoms with van der Waals surface area (Å²) in [4.78, 5) is 38.2. The van der Waals surface area contributed by atoms with Crippen molar-refractivity contribution in [3.8, 4) is 0 Å². The minimum absolute atomic E-state index is 0.00884. The summed E-state index contributed by atoms with van der Waals surface area (Å²) in [7, 11) is 0. The van der Waals surface area contributed by atoms with Gasteiger partial charge >= 0.3 is 0 Å². The van der Waals surface area contributed by atoms with Gasteiger partial charge in [-0.15, -0.1) is 0 Å². The van der Waals surface area contributed by atoms with E-state index in [4.69, 9.17) is 0 Å². The highest BCUT2D eigenvalue weighted by molar-refractivity contribution is 5.99. The molecule has 3 amide bonds. The van der Waals surface area contributed by atoms with Gasteiger partial charge in [-0.25, -0.2) is 0 Å². The number of rotatable bonds is 7. The number of amides is 3. The Labute approximate surface area is 176 Å². The number of nitrogens with one attached hydrogen (secondary N) is 3. The lowest BCUT2D eigenvalue weighted by atomic mass is 10.1. The zero-order valence-electron chi connectivity index (χ0n) is 17.7. The second kappa shape index (κ2) is 9.43. The molecular formula is C23H28N4O3. The molecule has 3 N–H and O–H groups in total. The molecule has 1 fully saturated rings. The molecular weight excluding hydrogens is 380 g/mol. The van der Waals surface area contributed by atoms with Crippen LogP contribution >= 0.6 is 0 Å². The molecule has 0 unspecified atom stereocenters. The number of carbonyl (C=O) groups is 3. The fourth-order valence-electron chi connectivity index (χ4n) is 3.74. The molecule has 2 aromatic rings. The van der Waals surface area contributed by atoms with Crippen molar-refractivity contribution in [2.75, 3.05) is 35.2 Å². The fraction of sp³-hybridized carbons (Fsp3) is 0.348. The van der Waals surface area contributed by atoms with Crippen molar-refractivity contribution in [2.45, 2.75) is 33.6 Å². The first-order valence-electron chi connectivity index (χ1n) is 10.1. The van der Waals surface area contributed by atoms with E-state index in [2.05, 4.69) is 16.0 Å². The molecule has 30 heavy (non-hydrogen) atoms. The topological polar surface area (TPSA) is 90.5 Å². The summed E-state index contributed by atoms with van der Waals surface area (Å²) >= 11 is 0. The molecule has 2 aromatic carbocycles. The van der Waals surface area contributed by atoms with Crippen LogP contribution in [-0.2, 0) is 14.4 Å². The lowest BCUT2D eigenvalue weighted by molar-refractivity contribution is -0.122. The van der Waals surface area contributed by atoms with Gasteiger partial charge in [-0.1, -0.05) is 29.8 Å². The van der Waals surface area contributed by atoms with Crippen LogP contribution in [0.15, 0.2) is 36.4 Å². The third kappa shape index (κ3) is 5.17. The highest BCUT2D eigenvalue weighted by Gasteiger charge is 2.23. The van der Waals surface area contributed by atoms with Gasteiger partial charge < -0.3 is 20.9 Å². The van der Waals surface area contributed by atoms with Crippen LogP contribution in [0.25, 0.3) is 0 Å². The fourth-order valence-corrected chi connectivity index (χ4v) is 3.74. The Bertz CT molecular complexity index is 948. The SMILES string of the molecule is Cc1cc(C)c(NC(=O)CNC(=O)CNc2ccccc2N2CCCC2=O)c(C)c1. The first kappa shape index (κ1) is 21.4. The molecule has 0 bridgehead atoms.